The van der Waals surface area contributed by atoms with Crippen molar-refractivity contribution in [3.63, 3.8) is 0 Å². The Labute approximate surface area is 106 Å². The number of amides is 1. The number of aliphatic carboxylic acids is 1. The van der Waals surface area contributed by atoms with Crippen LogP contribution in [-0.2, 0) is 14.3 Å². The topological polar surface area (TPSA) is 75.6 Å². The number of thioether (sulfide) groups is 1. The van der Waals surface area contributed by atoms with E-state index >= 15 is 0 Å². The van der Waals surface area contributed by atoms with Crippen molar-refractivity contribution in [2.24, 2.45) is 0 Å². The van der Waals surface area contributed by atoms with Crippen molar-refractivity contribution in [2.45, 2.75) is 32.7 Å². The number of hydrogen-bond acceptors (Lipinski definition) is 4. The summed E-state index contributed by atoms with van der Waals surface area (Å²) in [4.78, 5) is 21.6. The summed E-state index contributed by atoms with van der Waals surface area (Å²) in [6, 6.07) is -0.771. The number of carboxylic acids is 1. The Bertz CT molecular complexity index is 236. The minimum Gasteiger partial charge on any atom is -0.480 e. The fourth-order valence-electron chi connectivity index (χ4n) is 1.21. The van der Waals surface area contributed by atoms with Crippen LogP contribution in [0.3, 0.4) is 0 Å². The first-order chi connectivity index (χ1) is 8.07. The van der Waals surface area contributed by atoms with E-state index in [0.717, 1.165) is 31.1 Å². The van der Waals surface area contributed by atoms with Gasteiger partial charge in [0, 0.05) is 20.1 Å². The fraction of sp³-hybridized carbons (Fsp3) is 0.818. The Morgan fingerprint density at radius 1 is 1.41 bits per heavy atom. The van der Waals surface area contributed by atoms with Gasteiger partial charge >= 0.3 is 5.97 Å². The summed E-state index contributed by atoms with van der Waals surface area (Å²) >= 11 is 1.68. The molecule has 2 N–H and O–H groups in total. The molecule has 0 aliphatic heterocycles. The third-order valence-electron chi connectivity index (χ3n) is 2.01. The van der Waals surface area contributed by atoms with Gasteiger partial charge in [-0.25, -0.2) is 4.79 Å². The van der Waals surface area contributed by atoms with Crippen LogP contribution in [0.25, 0.3) is 0 Å². The van der Waals surface area contributed by atoms with Gasteiger partial charge in [-0.3, -0.25) is 4.79 Å². The highest BCUT2D eigenvalue weighted by Crippen LogP contribution is 2.07. The van der Waals surface area contributed by atoms with E-state index in [0.29, 0.717) is 6.42 Å². The zero-order valence-electron chi connectivity index (χ0n) is 10.4. The number of carbonyl (C=O) groups excluding carboxylic acids is 1. The first-order valence-corrected chi connectivity index (χ1v) is 6.88. The van der Waals surface area contributed by atoms with Gasteiger partial charge in [0.1, 0.15) is 6.04 Å². The van der Waals surface area contributed by atoms with Gasteiger partial charge in [-0.1, -0.05) is 0 Å². The maximum atomic E-state index is 10.8. The molecule has 0 fully saturated rings. The van der Waals surface area contributed by atoms with E-state index in [1.165, 1.54) is 6.92 Å². The molecule has 0 radical (unpaired) electrons. The van der Waals surface area contributed by atoms with Crippen LogP contribution in [0.2, 0.25) is 0 Å². The standard InChI is InChI=1S/C11H21NO4S/c1-3-16-6-4-7-17-8-5-10(11(14)15)12-9(2)13/h10H,3-8H2,1-2H3,(H,12,13)(H,14,15). The molecule has 0 aromatic heterocycles. The molecule has 100 valence electrons. The Balaban J connectivity index is 3.55. The van der Waals surface area contributed by atoms with Gasteiger partial charge in [0.05, 0.1) is 0 Å². The second-order valence-corrected chi connectivity index (χ2v) is 4.77. The lowest BCUT2D eigenvalue weighted by Gasteiger charge is -2.12. The van der Waals surface area contributed by atoms with Crippen molar-refractivity contribution in [1.82, 2.24) is 5.32 Å². The second kappa shape index (κ2) is 10.4. The Morgan fingerprint density at radius 2 is 2.12 bits per heavy atom. The Kier molecular flexibility index (Phi) is 9.95. The molecule has 0 saturated carbocycles. The molecule has 6 heteroatoms. The first kappa shape index (κ1) is 16.2. The van der Waals surface area contributed by atoms with Crippen molar-refractivity contribution < 1.29 is 19.4 Å². The summed E-state index contributed by atoms with van der Waals surface area (Å²) < 4.78 is 5.19. The molecule has 5 nitrogen and oxygen atoms in total. The fourth-order valence-corrected chi connectivity index (χ4v) is 2.14. The summed E-state index contributed by atoms with van der Waals surface area (Å²) in [6.45, 7) is 4.76. The molecule has 0 aromatic carbocycles. The molecule has 0 spiro atoms. The van der Waals surface area contributed by atoms with Crippen molar-refractivity contribution >= 4 is 23.6 Å². The van der Waals surface area contributed by atoms with Gasteiger partial charge in [0.2, 0.25) is 5.91 Å². The molecular formula is C11H21NO4S. The van der Waals surface area contributed by atoms with Crippen LogP contribution in [0.1, 0.15) is 26.7 Å². The summed E-state index contributed by atoms with van der Waals surface area (Å²) in [7, 11) is 0. The quantitative estimate of drug-likeness (QED) is 0.578. The predicted molar refractivity (Wildman–Crippen MR) is 68.3 cm³/mol. The Hall–Kier alpha value is -0.750. The van der Waals surface area contributed by atoms with E-state index in [1.54, 1.807) is 11.8 Å². The van der Waals surface area contributed by atoms with Crippen molar-refractivity contribution in [1.29, 1.82) is 0 Å². The summed E-state index contributed by atoms with van der Waals surface area (Å²) in [6.07, 6.45) is 1.42. The number of carboxylic acid groups (broad SMARTS) is 1. The van der Waals surface area contributed by atoms with Gasteiger partial charge in [-0.05, 0) is 31.3 Å². The number of ether oxygens (including phenoxy) is 1. The predicted octanol–water partition coefficient (Wildman–Crippen LogP) is 1.13. The van der Waals surface area contributed by atoms with E-state index in [-0.39, 0.29) is 5.91 Å². The van der Waals surface area contributed by atoms with Crippen LogP contribution in [0.4, 0.5) is 0 Å². The minimum atomic E-state index is -0.977. The highest BCUT2D eigenvalue weighted by molar-refractivity contribution is 7.99. The third kappa shape index (κ3) is 10.1. The molecule has 0 aliphatic rings. The van der Waals surface area contributed by atoms with Crippen molar-refractivity contribution in [3.8, 4) is 0 Å². The largest absolute Gasteiger partial charge is 0.480 e. The molecule has 0 aromatic rings. The molecule has 0 saturated heterocycles. The molecule has 0 rings (SSSR count). The number of nitrogens with one attached hydrogen (secondary N) is 1. The number of carbonyl (C=O) groups is 2. The average molecular weight is 263 g/mol. The summed E-state index contributed by atoms with van der Waals surface area (Å²) in [5.74, 6) is 0.393. The van der Waals surface area contributed by atoms with E-state index < -0.39 is 12.0 Å². The molecular weight excluding hydrogens is 242 g/mol. The van der Waals surface area contributed by atoms with E-state index in [1.807, 2.05) is 6.92 Å². The lowest BCUT2D eigenvalue weighted by Crippen LogP contribution is -2.39. The van der Waals surface area contributed by atoms with Gasteiger partial charge < -0.3 is 15.2 Å². The van der Waals surface area contributed by atoms with Crippen LogP contribution < -0.4 is 5.32 Å². The number of rotatable bonds is 10. The van der Waals surface area contributed by atoms with E-state index in [2.05, 4.69) is 5.32 Å². The molecule has 17 heavy (non-hydrogen) atoms. The maximum absolute atomic E-state index is 10.8. The smallest absolute Gasteiger partial charge is 0.326 e. The van der Waals surface area contributed by atoms with Crippen LogP contribution >= 0.6 is 11.8 Å². The molecule has 0 heterocycles. The van der Waals surface area contributed by atoms with Gasteiger partial charge in [0.25, 0.3) is 0 Å². The summed E-state index contributed by atoms with van der Waals surface area (Å²) in [5.41, 5.74) is 0. The number of hydrogen-bond donors (Lipinski definition) is 2. The zero-order valence-corrected chi connectivity index (χ0v) is 11.2. The van der Waals surface area contributed by atoms with Crippen LogP contribution in [0.5, 0.6) is 0 Å². The highest BCUT2D eigenvalue weighted by atomic mass is 32.2. The highest BCUT2D eigenvalue weighted by Gasteiger charge is 2.17. The van der Waals surface area contributed by atoms with Crippen LogP contribution in [0, 0.1) is 0 Å². The van der Waals surface area contributed by atoms with E-state index in [4.69, 9.17) is 9.84 Å². The molecule has 1 unspecified atom stereocenters. The molecule has 0 bridgehead atoms. The van der Waals surface area contributed by atoms with Crippen LogP contribution in [0.15, 0.2) is 0 Å². The molecule has 1 amide bonds. The molecule has 0 aliphatic carbocycles. The minimum absolute atomic E-state index is 0.307. The zero-order chi connectivity index (χ0) is 13.1. The lowest BCUT2D eigenvalue weighted by molar-refractivity contribution is -0.141. The SMILES string of the molecule is CCOCCCSCCC(NC(C)=O)C(=O)O. The monoisotopic (exact) mass is 263 g/mol. The first-order valence-electron chi connectivity index (χ1n) is 5.73. The Morgan fingerprint density at radius 3 is 2.65 bits per heavy atom. The summed E-state index contributed by atoms with van der Waals surface area (Å²) in [5, 5.41) is 11.3. The molecule has 1 atom stereocenters. The average Bonchev–Trinajstić information content (AvgIpc) is 2.25. The van der Waals surface area contributed by atoms with E-state index in [9.17, 15) is 9.59 Å². The van der Waals surface area contributed by atoms with Gasteiger partial charge in [0.15, 0.2) is 0 Å². The second-order valence-electron chi connectivity index (χ2n) is 3.54. The lowest BCUT2D eigenvalue weighted by atomic mass is 10.2. The van der Waals surface area contributed by atoms with Gasteiger partial charge in [-0.2, -0.15) is 11.8 Å². The normalized spacial score (nSPS) is 12.1. The third-order valence-corrected chi connectivity index (χ3v) is 3.11. The van der Waals surface area contributed by atoms with Crippen LogP contribution in [-0.4, -0.2) is 47.7 Å². The van der Waals surface area contributed by atoms with Crippen molar-refractivity contribution in [2.75, 3.05) is 24.7 Å². The van der Waals surface area contributed by atoms with Crippen molar-refractivity contribution in [3.05, 3.63) is 0 Å². The van der Waals surface area contributed by atoms with Gasteiger partial charge in [-0.15, -0.1) is 0 Å². The maximum Gasteiger partial charge on any atom is 0.326 e.